The van der Waals surface area contributed by atoms with Crippen molar-refractivity contribution in [1.82, 2.24) is 0 Å². The summed E-state index contributed by atoms with van der Waals surface area (Å²) in [5.74, 6) is 0.829. The van der Waals surface area contributed by atoms with Crippen LogP contribution in [0.25, 0.3) is 0 Å². The van der Waals surface area contributed by atoms with Gasteiger partial charge in [-0.3, -0.25) is 0 Å². The van der Waals surface area contributed by atoms with Crippen LogP contribution in [0.2, 0.25) is 0 Å². The first-order valence-corrected chi connectivity index (χ1v) is 6.53. The lowest BCUT2D eigenvalue weighted by molar-refractivity contribution is -0.0624. The number of thioether (sulfide) groups is 2. The highest BCUT2D eigenvalue weighted by atomic mass is 32.2. The van der Waals surface area contributed by atoms with Gasteiger partial charge in [-0.2, -0.15) is 0 Å². The summed E-state index contributed by atoms with van der Waals surface area (Å²) >= 11 is 2.84. The van der Waals surface area contributed by atoms with Gasteiger partial charge in [0.2, 0.25) is 0 Å². The molecule has 1 saturated heterocycles. The zero-order valence-electron chi connectivity index (χ0n) is 7.91. The molecule has 0 aromatic rings. The van der Waals surface area contributed by atoms with Gasteiger partial charge < -0.3 is 20.4 Å². The van der Waals surface area contributed by atoms with E-state index in [0.29, 0.717) is 0 Å². The molecule has 0 aliphatic carbocycles. The summed E-state index contributed by atoms with van der Waals surface area (Å²) in [4.78, 5) is 0. The van der Waals surface area contributed by atoms with E-state index in [2.05, 4.69) is 0 Å². The Kier molecular flexibility index (Phi) is 5.02. The van der Waals surface area contributed by atoms with E-state index in [0.717, 1.165) is 5.75 Å². The van der Waals surface area contributed by atoms with Crippen LogP contribution in [0, 0.1) is 0 Å². The zero-order valence-corrected chi connectivity index (χ0v) is 9.54. The Morgan fingerprint density at radius 1 is 1.14 bits per heavy atom. The van der Waals surface area contributed by atoms with Gasteiger partial charge in [0.25, 0.3) is 0 Å². The van der Waals surface area contributed by atoms with E-state index in [-0.39, 0.29) is 11.2 Å². The Morgan fingerprint density at radius 2 is 1.79 bits per heavy atom. The minimum Gasteiger partial charge on any atom is -0.395 e. The maximum absolute atomic E-state index is 9.62. The molecule has 1 aliphatic heterocycles. The fourth-order valence-corrected chi connectivity index (χ4v) is 4.28. The van der Waals surface area contributed by atoms with Crippen molar-refractivity contribution in [3.63, 3.8) is 0 Å². The Bertz CT molecular complexity index is 177. The topological polar surface area (TPSA) is 80.9 Å². The summed E-state index contributed by atoms with van der Waals surface area (Å²) in [5, 5.41) is 37.2. The summed E-state index contributed by atoms with van der Waals surface area (Å²) < 4.78 is -0.171. The maximum atomic E-state index is 9.62. The molecule has 6 heteroatoms. The van der Waals surface area contributed by atoms with Crippen LogP contribution >= 0.6 is 23.5 Å². The molecule has 1 fully saturated rings. The Hall–Kier alpha value is 0.540. The lowest BCUT2D eigenvalue weighted by Gasteiger charge is -2.38. The molecule has 4 nitrogen and oxygen atoms in total. The van der Waals surface area contributed by atoms with Crippen molar-refractivity contribution < 1.29 is 20.4 Å². The molecule has 1 rings (SSSR count). The second-order valence-electron chi connectivity index (χ2n) is 3.15. The van der Waals surface area contributed by atoms with Crippen molar-refractivity contribution in [3.05, 3.63) is 0 Å². The van der Waals surface area contributed by atoms with Crippen LogP contribution in [0.3, 0.4) is 0 Å². The Morgan fingerprint density at radius 3 is 2.29 bits per heavy atom. The standard InChI is InChI=1S/C8H16O4S2/c1-2-13-8-7(12)6(11)5(10)4(3-9)14-8/h4-12H,2-3H2,1H3/t4-,5+,6-,7+,8+/m0/s1. The number of hydrogen-bond donors (Lipinski definition) is 4. The van der Waals surface area contributed by atoms with Crippen LogP contribution in [0.5, 0.6) is 0 Å². The van der Waals surface area contributed by atoms with Gasteiger partial charge in [0.05, 0.1) is 22.5 Å². The van der Waals surface area contributed by atoms with E-state index in [1.54, 1.807) is 0 Å². The van der Waals surface area contributed by atoms with Crippen molar-refractivity contribution in [1.29, 1.82) is 0 Å². The van der Waals surface area contributed by atoms with Crippen LogP contribution in [-0.2, 0) is 0 Å². The van der Waals surface area contributed by atoms with Crippen molar-refractivity contribution in [2.24, 2.45) is 0 Å². The third-order valence-electron chi connectivity index (χ3n) is 2.18. The first-order chi connectivity index (χ1) is 6.61. The summed E-state index contributed by atoms with van der Waals surface area (Å²) in [5.41, 5.74) is 0. The SMILES string of the molecule is CCS[C@@H]1S[C@@H](CO)[C@@H](O)[C@H](O)[C@H]1O. The van der Waals surface area contributed by atoms with Crippen molar-refractivity contribution in [2.75, 3.05) is 12.4 Å². The van der Waals surface area contributed by atoms with Crippen LogP contribution < -0.4 is 0 Å². The minimum atomic E-state index is -1.16. The average Bonchev–Trinajstić information content (AvgIpc) is 2.19. The molecule has 0 radical (unpaired) electrons. The number of rotatable bonds is 3. The molecule has 0 spiro atoms. The number of hydrogen-bond acceptors (Lipinski definition) is 6. The van der Waals surface area contributed by atoms with Gasteiger partial charge in [0.15, 0.2) is 0 Å². The summed E-state index contributed by atoms with van der Waals surface area (Å²) in [6.07, 6.45) is -3.13. The smallest absolute Gasteiger partial charge is 0.109 e. The maximum Gasteiger partial charge on any atom is 0.109 e. The number of aliphatic hydroxyl groups excluding tert-OH is 4. The first kappa shape index (κ1) is 12.6. The Labute approximate surface area is 91.7 Å². The van der Waals surface area contributed by atoms with Gasteiger partial charge in [-0.05, 0) is 5.75 Å². The molecular weight excluding hydrogens is 224 g/mol. The number of aliphatic hydroxyl groups is 4. The van der Waals surface area contributed by atoms with E-state index in [1.165, 1.54) is 23.5 Å². The van der Waals surface area contributed by atoms with Crippen molar-refractivity contribution in [2.45, 2.75) is 35.1 Å². The molecule has 14 heavy (non-hydrogen) atoms. The van der Waals surface area contributed by atoms with Gasteiger partial charge >= 0.3 is 0 Å². The highest BCUT2D eigenvalue weighted by Crippen LogP contribution is 2.38. The fraction of sp³-hybridized carbons (Fsp3) is 1.00. The van der Waals surface area contributed by atoms with Crippen molar-refractivity contribution >= 4 is 23.5 Å². The average molecular weight is 240 g/mol. The van der Waals surface area contributed by atoms with E-state index < -0.39 is 23.6 Å². The van der Waals surface area contributed by atoms with Gasteiger partial charge in [0.1, 0.15) is 12.2 Å². The fourth-order valence-electron chi connectivity index (χ4n) is 1.37. The van der Waals surface area contributed by atoms with E-state index in [9.17, 15) is 15.3 Å². The normalized spacial score (nSPS) is 43.9. The van der Waals surface area contributed by atoms with E-state index in [1.807, 2.05) is 6.92 Å². The highest BCUT2D eigenvalue weighted by Gasteiger charge is 2.42. The molecule has 1 heterocycles. The second-order valence-corrected chi connectivity index (χ2v) is 6.26. The molecule has 1 aliphatic rings. The van der Waals surface area contributed by atoms with E-state index >= 15 is 0 Å². The van der Waals surface area contributed by atoms with Gasteiger partial charge in [-0.25, -0.2) is 0 Å². The summed E-state index contributed by atoms with van der Waals surface area (Å²) in [6.45, 7) is 1.78. The van der Waals surface area contributed by atoms with Crippen molar-refractivity contribution in [3.8, 4) is 0 Å². The molecule has 0 unspecified atom stereocenters. The highest BCUT2D eigenvalue weighted by molar-refractivity contribution is 8.17. The van der Waals surface area contributed by atoms with Crippen LogP contribution in [0.1, 0.15) is 6.92 Å². The molecule has 4 N–H and O–H groups in total. The molecule has 84 valence electrons. The third-order valence-corrected chi connectivity index (χ3v) is 5.19. The van der Waals surface area contributed by atoms with Crippen LogP contribution in [0.15, 0.2) is 0 Å². The first-order valence-electron chi connectivity index (χ1n) is 4.54. The van der Waals surface area contributed by atoms with Crippen LogP contribution in [0.4, 0.5) is 0 Å². The quantitative estimate of drug-likeness (QED) is 0.520. The molecule has 0 bridgehead atoms. The zero-order chi connectivity index (χ0) is 10.7. The second kappa shape index (κ2) is 5.58. The molecule has 0 aromatic carbocycles. The lowest BCUT2D eigenvalue weighted by atomic mass is 10.1. The molecule has 0 amide bonds. The molecular formula is C8H16O4S2. The molecule has 5 atom stereocenters. The predicted octanol–water partition coefficient (Wildman–Crippen LogP) is -0.744. The third kappa shape index (κ3) is 2.56. The minimum absolute atomic E-state index is 0.171. The predicted molar refractivity (Wildman–Crippen MR) is 58.4 cm³/mol. The monoisotopic (exact) mass is 240 g/mol. The van der Waals surface area contributed by atoms with E-state index in [4.69, 9.17) is 5.11 Å². The molecule has 0 saturated carbocycles. The summed E-state index contributed by atoms with van der Waals surface area (Å²) in [6, 6.07) is 0. The van der Waals surface area contributed by atoms with Crippen LogP contribution in [-0.4, -0.2) is 60.9 Å². The van der Waals surface area contributed by atoms with Gasteiger partial charge in [-0.1, -0.05) is 6.92 Å². The largest absolute Gasteiger partial charge is 0.395 e. The molecule has 0 aromatic heterocycles. The van der Waals surface area contributed by atoms with Gasteiger partial charge in [-0.15, -0.1) is 23.5 Å². The summed E-state index contributed by atoms with van der Waals surface area (Å²) in [7, 11) is 0. The lowest BCUT2D eigenvalue weighted by Crippen LogP contribution is -2.53. The Balaban J connectivity index is 2.63. The van der Waals surface area contributed by atoms with Gasteiger partial charge in [0, 0.05) is 0 Å².